The Morgan fingerprint density at radius 1 is 1.39 bits per heavy atom. The standard InChI is InChI=1S/C14H24FNO2/c1-13(2,3)18-12(17)16-9-11(8-15)14(10-16)6-4-5-7-14/h11H,4-10H2,1-3H3. The smallest absolute Gasteiger partial charge is 0.410 e. The van der Waals surface area contributed by atoms with Gasteiger partial charge in [-0.3, -0.25) is 4.39 Å². The molecule has 0 aromatic carbocycles. The van der Waals surface area contributed by atoms with Crippen LogP contribution in [0.1, 0.15) is 46.5 Å². The molecule has 1 amide bonds. The van der Waals surface area contributed by atoms with Gasteiger partial charge in [-0.1, -0.05) is 12.8 Å². The molecule has 1 saturated heterocycles. The average molecular weight is 257 g/mol. The third-order valence-corrected chi connectivity index (χ3v) is 4.25. The summed E-state index contributed by atoms with van der Waals surface area (Å²) in [4.78, 5) is 13.8. The number of ether oxygens (including phenoxy) is 1. The summed E-state index contributed by atoms with van der Waals surface area (Å²) in [6.45, 7) is 6.46. The van der Waals surface area contributed by atoms with E-state index in [1.165, 1.54) is 12.8 Å². The van der Waals surface area contributed by atoms with Crippen LogP contribution in [-0.2, 0) is 4.74 Å². The summed E-state index contributed by atoms with van der Waals surface area (Å²) < 4.78 is 18.6. The molecule has 2 aliphatic rings. The van der Waals surface area contributed by atoms with E-state index in [2.05, 4.69) is 0 Å². The van der Waals surface area contributed by atoms with Crippen LogP contribution in [-0.4, -0.2) is 36.4 Å². The molecule has 3 nitrogen and oxygen atoms in total. The summed E-state index contributed by atoms with van der Waals surface area (Å²) in [6, 6.07) is 0. The molecule has 2 fully saturated rings. The fourth-order valence-corrected chi connectivity index (χ4v) is 3.36. The maximum Gasteiger partial charge on any atom is 0.410 e. The second-order valence-corrected chi connectivity index (χ2v) is 6.78. The quantitative estimate of drug-likeness (QED) is 0.720. The molecule has 4 heteroatoms. The maximum atomic E-state index is 13.2. The number of nitrogens with zero attached hydrogens (tertiary/aromatic N) is 1. The lowest BCUT2D eigenvalue weighted by Gasteiger charge is -2.28. The number of hydrogen-bond donors (Lipinski definition) is 0. The van der Waals surface area contributed by atoms with Crippen LogP contribution < -0.4 is 0 Å². The molecule has 18 heavy (non-hydrogen) atoms. The largest absolute Gasteiger partial charge is 0.444 e. The average Bonchev–Trinajstić information content (AvgIpc) is 2.85. The first-order valence-electron chi connectivity index (χ1n) is 6.90. The van der Waals surface area contributed by atoms with Crippen molar-refractivity contribution in [3.05, 3.63) is 0 Å². The molecule has 1 atom stereocenters. The Balaban J connectivity index is 2.03. The van der Waals surface area contributed by atoms with E-state index in [0.29, 0.717) is 13.1 Å². The Labute approximate surface area is 109 Å². The fourth-order valence-electron chi connectivity index (χ4n) is 3.36. The second kappa shape index (κ2) is 4.71. The van der Waals surface area contributed by atoms with Crippen molar-refractivity contribution in [3.8, 4) is 0 Å². The van der Waals surface area contributed by atoms with Crippen LogP contribution >= 0.6 is 0 Å². The zero-order chi connectivity index (χ0) is 13.4. The van der Waals surface area contributed by atoms with Gasteiger partial charge >= 0.3 is 6.09 Å². The van der Waals surface area contributed by atoms with Crippen molar-refractivity contribution in [3.63, 3.8) is 0 Å². The summed E-state index contributed by atoms with van der Waals surface area (Å²) in [7, 11) is 0. The molecule has 0 radical (unpaired) electrons. The monoisotopic (exact) mass is 257 g/mol. The van der Waals surface area contributed by atoms with Gasteiger partial charge in [-0.2, -0.15) is 0 Å². The number of amides is 1. The lowest BCUT2D eigenvalue weighted by molar-refractivity contribution is 0.0273. The summed E-state index contributed by atoms with van der Waals surface area (Å²) in [5.41, 5.74) is -0.445. The molecule has 0 bridgehead atoms. The highest BCUT2D eigenvalue weighted by Gasteiger charge is 2.49. The first-order chi connectivity index (χ1) is 8.36. The molecular formula is C14H24FNO2. The maximum absolute atomic E-state index is 13.2. The lowest BCUT2D eigenvalue weighted by Crippen LogP contribution is -2.36. The predicted molar refractivity (Wildman–Crippen MR) is 68.2 cm³/mol. The Morgan fingerprint density at radius 2 is 2.00 bits per heavy atom. The molecule has 1 heterocycles. The van der Waals surface area contributed by atoms with Gasteiger partial charge in [0, 0.05) is 19.0 Å². The van der Waals surface area contributed by atoms with E-state index in [1.807, 2.05) is 20.8 Å². The lowest BCUT2D eigenvalue weighted by atomic mass is 9.77. The first-order valence-corrected chi connectivity index (χ1v) is 6.90. The van der Waals surface area contributed by atoms with Gasteiger partial charge in [0.15, 0.2) is 0 Å². The zero-order valence-electron chi connectivity index (χ0n) is 11.7. The summed E-state index contributed by atoms with van der Waals surface area (Å²) in [6.07, 6.45) is 4.16. The normalized spacial score (nSPS) is 26.9. The van der Waals surface area contributed by atoms with Crippen molar-refractivity contribution in [1.29, 1.82) is 0 Å². The molecule has 0 aromatic rings. The number of alkyl halides is 1. The Bertz CT molecular complexity index is 318. The number of rotatable bonds is 1. The number of carbonyl (C=O) groups excluding carboxylic acids is 1. The van der Waals surface area contributed by atoms with Gasteiger partial charge in [0.25, 0.3) is 0 Å². The van der Waals surface area contributed by atoms with Crippen LogP contribution in [0.15, 0.2) is 0 Å². The number of halogens is 1. The summed E-state index contributed by atoms with van der Waals surface area (Å²) in [5, 5.41) is 0. The van der Waals surface area contributed by atoms with Crippen molar-refractivity contribution < 1.29 is 13.9 Å². The van der Waals surface area contributed by atoms with Crippen LogP contribution in [0.25, 0.3) is 0 Å². The van der Waals surface area contributed by atoms with Gasteiger partial charge in [0.05, 0.1) is 6.67 Å². The van der Waals surface area contributed by atoms with Gasteiger partial charge in [0.1, 0.15) is 5.60 Å². The summed E-state index contributed by atoms with van der Waals surface area (Å²) in [5.74, 6) is 0.00696. The topological polar surface area (TPSA) is 29.5 Å². The van der Waals surface area contributed by atoms with Gasteiger partial charge in [-0.15, -0.1) is 0 Å². The highest BCUT2D eigenvalue weighted by Crippen LogP contribution is 2.49. The van der Waals surface area contributed by atoms with Gasteiger partial charge < -0.3 is 9.64 Å². The van der Waals surface area contributed by atoms with E-state index in [-0.39, 0.29) is 24.1 Å². The van der Waals surface area contributed by atoms with E-state index < -0.39 is 5.60 Å². The molecule has 104 valence electrons. The number of hydrogen-bond acceptors (Lipinski definition) is 2. The minimum absolute atomic E-state index is 0.00696. The van der Waals surface area contributed by atoms with Crippen LogP contribution in [0.3, 0.4) is 0 Å². The third kappa shape index (κ3) is 2.62. The van der Waals surface area contributed by atoms with Crippen molar-refractivity contribution in [2.24, 2.45) is 11.3 Å². The van der Waals surface area contributed by atoms with Crippen LogP contribution in [0.5, 0.6) is 0 Å². The highest BCUT2D eigenvalue weighted by atomic mass is 19.1. The molecule has 2 rings (SSSR count). The van der Waals surface area contributed by atoms with E-state index in [0.717, 1.165) is 12.8 Å². The molecule has 0 N–H and O–H groups in total. The third-order valence-electron chi connectivity index (χ3n) is 4.25. The number of carbonyl (C=O) groups is 1. The number of likely N-dealkylation sites (tertiary alicyclic amines) is 1. The van der Waals surface area contributed by atoms with E-state index in [4.69, 9.17) is 4.74 Å². The zero-order valence-corrected chi connectivity index (χ0v) is 11.7. The molecule has 1 spiro atoms. The van der Waals surface area contributed by atoms with Crippen molar-refractivity contribution in [2.45, 2.75) is 52.1 Å². The molecular weight excluding hydrogens is 233 g/mol. The Morgan fingerprint density at radius 3 is 2.50 bits per heavy atom. The molecule has 1 saturated carbocycles. The molecule has 1 aliphatic carbocycles. The van der Waals surface area contributed by atoms with Crippen LogP contribution in [0.4, 0.5) is 9.18 Å². The summed E-state index contributed by atoms with van der Waals surface area (Å²) >= 11 is 0. The van der Waals surface area contributed by atoms with Gasteiger partial charge in [-0.25, -0.2) is 4.79 Å². The molecule has 0 aromatic heterocycles. The van der Waals surface area contributed by atoms with Gasteiger partial charge in [0.2, 0.25) is 0 Å². The Hall–Kier alpha value is -0.800. The second-order valence-electron chi connectivity index (χ2n) is 6.78. The minimum atomic E-state index is -0.478. The van der Waals surface area contributed by atoms with Crippen molar-refractivity contribution in [1.82, 2.24) is 4.90 Å². The molecule has 1 unspecified atom stereocenters. The molecule has 1 aliphatic heterocycles. The fraction of sp³-hybridized carbons (Fsp3) is 0.929. The van der Waals surface area contributed by atoms with Crippen molar-refractivity contribution in [2.75, 3.05) is 19.8 Å². The van der Waals surface area contributed by atoms with Gasteiger partial charge in [-0.05, 0) is 39.0 Å². The van der Waals surface area contributed by atoms with Crippen molar-refractivity contribution >= 4 is 6.09 Å². The van der Waals surface area contributed by atoms with Crippen LogP contribution in [0, 0.1) is 11.3 Å². The Kier molecular flexibility index (Phi) is 3.56. The SMILES string of the molecule is CC(C)(C)OC(=O)N1CC(CF)C2(CCCC2)C1. The van der Waals surface area contributed by atoms with E-state index in [9.17, 15) is 9.18 Å². The van der Waals surface area contributed by atoms with Crippen LogP contribution in [0.2, 0.25) is 0 Å². The minimum Gasteiger partial charge on any atom is -0.444 e. The first kappa shape index (κ1) is 13.6. The van der Waals surface area contributed by atoms with E-state index >= 15 is 0 Å². The predicted octanol–water partition coefficient (Wildman–Crippen LogP) is 3.38. The highest BCUT2D eigenvalue weighted by molar-refractivity contribution is 5.68. The van der Waals surface area contributed by atoms with E-state index in [1.54, 1.807) is 4.90 Å².